The molecule has 2 heterocycles. The number of alkyl halides is 3. The highest BCUT2D eigenvalue weighted by Crippen LogP contribution is 2.44. The van der Waals surface area contributed by atoms with E-state index in [1.54, 1.807) is 6.20 Å². The molecule has 0 fully saturated rings. The van der Waals surface area contributed by atoms with Crippen molar-refractivity contribution >= 4 is 18.0 Å². The number of benzene rings is 2. The minimum Gasteiger partial charge on any atom is -0.478 e. The first-order chi connectivity index (χ1) is 23.1. The zero-order valence-corrected chi connectivity index (χ0v) is 28.6. The first-order valence-corrected chi connectivity index (χ1v) is 16.1. The zero-order valence-electron chi connectivity index (χ0n) is 28.6. The van der Waals surface area contributed by atoms with Crippen LogP contribution in [-0.4, -0.2) is 41.3 Å². The molecule has 0 spiro atoms. The van der Waals surface area contributed by atoms with E-state index in [0.717, 1.165) is 29.2 Å². The lowest BCUT2D eigenvalue weighted by Gasteiger charge is -2.32. The fourth-order valence-electron chi connectivity index (χ4n) is 6.00. The van der Waals surface area contributed by atoms with Crippen LogP contribution in [0.3, 0.4) is 0 Å². The molecule has 0 saturated carbocycles. The smallest absolute Gasteiger partial charge is 0.416 e. The number of rotatable bonds is 12. The number of aliphatic carboxylic acids is 1. The van der Waals surface area contributed by atoms with E-state index in [1.807, 2.05) is 52.1 Å². The van der Waals surface area contributed by atoms with Crippen LogP contribution in [-0.2, 0) is 31.7 Å². The minimum absolute atomic E-state index is 0.0859. The van der Waals surface area contributed by atoms with Gasteiger partial charge in [0.2, 0.25) is 0 Å². The quantitative estimate of drug-likeness (QED) is 0.186. The van der Waals surface area contributed by atoms with Gasteiger partial charge in [-0.2, -0.15) is 13.2 Å². The van der Waals surface area contributed by atoms with Gasteiger partial charge in [-0.25, -0.2) is 9.59 Å². The summed E-state index contributed by atoms with van der Waals surface area (Å²) in [6.45, 7) is 11.2. The second-order valence-corrected chi connectivity index (χ2v) is 13.4. The van der Waals surface area contributed by atoms with Crippen LogP contribution in [0.25, 0.3) is 6.08 Å². The molecule has 0 saturated heterocycles. The predicted molar refractivity (Wildman–Crippen MR) is 182 cm³/mol. The van der Waals surface area contributed by atoms with E-state index in [4.69, 9.17) is 9.47 Å². The van der Waals surface area contributed by atoms with E-state index in [2.05, 4.69) is 34.6 Å². The van der Waals surface area contributed by atoms with E-state index in [-0.39, 0.29) is 46.2 Å². The third-order valence-corrected chi connectivity index (χ3v) is 8.40. The van der Waals surface area contributed by atoms with E-state index < -0.39 is 29.6 Å². The SMILES string of the molecule is CC(=Cc1ccc(Cc2cccnc2)cc1)COC(CCOC(=O)C1=C(C)NC(C)=C(C(=O)O)C1c1ccccc1C(F)(F)F)C(C)(C)C. The summed E-state index contributed by atoms with van der Waals surface area (Å²) in [6, 6.07) is 16.9. The highest BCUT2D eigenvalue weighted by atomic mass is 19.4. The number of allylic oxidation sites excluding steroid dienone is 2. The van der Waals surface area contributed by atoms with Gasteiger partial charge in [-0.1, -0.05) is 75.4 Å². The topological polar surface area (TPSA) is 97.8 Å². The number of carbonyl (C=O) groups is 2. The Bertz CT molecular complexity index is 1740. The van der Waals surface area contributed by atoms with Crippen LogP contribution in [0.1, 0.15) is 81.7 Å². The number of nitrogens with one attached hydrogen (secondary N) is 1. The third-order valence-electron chi connectivity index (χ3n) is 8.40. The molecule has 0 radical (unpaired) electrons. The number of carboxylic acid groups (broad SMARTS) is 1. The van der Waals surface area contributed by atoms with Crippen LogP contribution in [0.15, 0.2) is 101 Å². The summed E-state index contributed by atoms with van der Waals surface area (Å²) in [5.41, 5.74) is 2.51. The maximum atomic E-state index is 14.1. The Morgan fingerprint density at radius 2 is 1.63 bits per heavy atom. The van der Waals surface area contributed by atoms with E-state index >= 15 is 0 Å². The van der Waals surface area contributed by atoms with E-state index in [1.165, 1.54) is 37.6 Å². The first-order valence-electron chi connectivity index (χ1n) is 16.1. The number of carbonyl (C=O) groups excluding carboxylic acids is 1. The summed E-state index contributed by atoms with van der Waals surface area (Å²) >= 11 is 0. The average Bonchev–Trinajstić information content (AvgIpc) is 3.02. The van der Waals surface area contributed by atoms with Crippen molar-refractivity contribution in [1.29, 1.82) is 0 Å². The van der Waals surface area contributed by atoms with Crippen LogP contribution in [0.5, 0.6) is 0 Å². The van der Waals surface area contributed by atoms with Gasteiger partial charge in [-0.15, -0.1) is 0 Å². The molecule has 49 heavy (non-hydrogen) atoms. The Labute approximate surface area is 285 Å². The number of halogens is 3. The van der Waals surface area contributed by atoms with Gasteiger partial charge >= 0.3 is 18.1 Å². The molecule has 260 valence electrons. The Morgan fingerprint density at radius 3 is 2.24 bits per heavy atom. The molecule has 1 aliphatic rings. The van der Waals surface area contributed by atoms with Gasteiger partial charge in [0.25, 0.3) is 0 Å². The molecule has 1 aromatic heterocycles. The molecule has 4 rings (SSSR count). The van der Waals surface area contributed by atoms with E-state index in [0.29, 0.717) is 13.0 Å². The van der Waals surface area contributed by atoms with Gasteiger partial charge in [0.1, 0.15) is 0 Å². The fraction of sp³-hybridized carbons (Fsp3) is 0.359. The third kappa shape index (κ3) is 9.69. The van der Waals surface area contributed by atoms with Gasteiger partial charge in [0.15, 0.2) is 0 Å². The number of dihydropyridines is 1. The minimum atomic E-state index is -4.77. The standard InChI is InChI=1S/C39H43F3N2O5/c1-24(20-27-13-15-28(16-14-27)21-29-10-9-18-43-22-29)23-49-32(38(4,5)6)17-19-48-37(47)34-26(3)44-25(2)33(36(45)46)35(34)30-11-7-8-12-31(30)39(40,41)42/h7-16,18,20,22,32,35,44H,17,19,21,23H2,1-6H3,(H,45,46). The predicted octanol–water partition coefficient (Wildman–Crippen LogP) is 8.48. The molecule has 2 N–H and O–H groups in total. The number of aromatic nitrogens is 1. The molecule has 0 amide bonds. The van der Waals surface area contributed by atoms with Crippen LogP contribution in [0, 0.1) is 5.41 Å². The second kappa shape index (κ2) is 15.7. The number of ether oxygens (including phenoxy) is 2. The molecule has 2 atom stereocenters. The number of carboxylic acids is 1. The number of esters is 1. The average molecular weight is 677 g/mol. The Hall–Kier alpha value is -4.70. The monoisotopic (exact) mass is 676 g/mol. The highest BCUT2D eigenvalue weighted by Gasteiger charge is 2.43. The first kappa shape index (κ1) is 37.1. The number of hydrogen-bond donors (Lipinski definition) is 2. The zero-order chi connectivity index (χ0) is 35.9. The normalized spacial score (nSPS) is 16.3. The molecular weight excluding hydrogens is 633 g/mol. The number of hydrogen-bond acceptors (Lipinski definition) is 6. The van der Waals surface area contributed by atoms with Gasteiger partial charge in [-0.3, -0.25) is 4.98 Å². The fourth-order valence-corrected chi connectivity index (χ4v) is 6.00. The molecule has 2 unspecified atom stereocenters. The van der Waals surface area contributed by atoms with Crippen LogP contribution < -0.4 is 5.32 Å². The van der Waals surface area contributed by atoms with Crippen molar-refractivity contribution in [3.8, 4) is 0 Å². The van der Waals surface area contributed by atoms with Crippen molar-refractivity contribution in [1.82, 2.24) is 10.3 Å². The lowest BCUT2D eigenvalue weighted by Crippen LogP contribution is -2.34. The van der Waals surface area contributed by atoms with Crippen molar-refractivity contribution in [2.45, 2.75) is 72.6 Å². The van der Waals surface area contributed by atoms with Gasteiger partial charge < -0.3 is 19.9 Å². The molecule has 10 heteroatoms. The van der Waals surface area contributed by atoms with Crippen molar-refractivity contribution in [2.75, 3.05) is 13.2 Å². The van der Waals surface area contributed by atoms with Crippen molar-refractivity contribution in [2.24, 2.45) is 5.41 Å². The van der Waals surface area contributed by atoms with Crippen LogP contribution in [0.4, 0.5) is 13.2 Å². The summed E-state index contributed by atoms with van der Waals surface area (Å²) in [4.78, 5) is 30.1. The molecule has 0 aliphatic carbocycles. The van der Waals surface area contributed by atoms with Gasteiger partial charge in [0, 0.05) is 30.2 Å². The maximum absolute atomic E-state index is 14.1. The largest absolute Gasteiger partial charge is 0.478 e. The van der Waals surface area contributed by atoms with Crippen molar-refractivity contribution in [3.63, 3.8) is 0 Å². The number of nitrogens with zero attached hydrogens (tertiary/aromatic N) is 1. The number of pyridine rings is 1. The van der Waals surface area contributed by atoms with Crippen molar-refractivity contribution in [3.05, 3.63) is 129 Å². The van der Waals surface area contributed by atoms with Crippen LogP contribution >= 0.6 is 0 Å². The Balaban J connectivity index is 1.44. The summed E-state index contributed by atoms with van der Waals surface area (Å²) in [7, 11) is 0. The van der Waals surface area contributed by atoms with Crippen molar-refractivity contribution < 1.29 is 37.3 Å². The molecule has 2 aromatic carbocycles. The second-order valence-electron chi connectivity index (χ2n) is 13.4. The lowest BCUT2D eigenvalue weighted by atomic mass is 9.78. The lowest BCUT2D eigenvalue weighted by molar-refractivity contribution is -0.142. The van der Waals surface area contributed by atoms with E-state index in [9.17, 15) is 27.9 Å². The summed E-state index contributed by atoms with van der Waals surface area (Å²) in [6.07, 6.45) is 1.67. The maximum Gasteiger partial charge on any atom is 0.416 e. The Morgan fingerprint density at radius 1 is 0.959 bits per heavy atom. The summed E-state index contributed by atoms with van der Waals surface area (Å²) in [5.74, 6) is -3.82. The highest BCUT2D eigenvalue weighted by molar-refractivity contribution is 5.99. The van der Waals surface area contributed by atoms with Gasteiger partial charge in [0.05, 0.1) is 41.9 Å². The molecular formula is C39H43F3N2O5. The van der Waals surface area contributed by atoms with Gasteiger partial charge in [-0.05, 0) is 72.6 Å². The van der Waals surface area contributed by atoms with Crippen LogP contribution in [0.2, 0.25) is 0 Å². The molecule has 3 aromatic rings. The Kier molecular flexibility index (Phi) is 11.9. The molecule has 0 bridgehead atoms. The molecule has 7 nitrogen and oxygen atoms in total. The summed E-state index contributed by atoms with van der Waals surface area (Å²) < 4.78 is 54.1. The summed E-state index contributed by atoms with van der Waals surface area (Å²) in [5, 5.41) is 12.9. The molecule has 1 aliphatic heterocycles.